The van der Waals surface area contributed by atoms with Gasteiger partial charge in [-0.3, -0.25) is 14.3 Å². The molecule has 1 atom stereocenters. The van der Waals surface area contributed by atoms with Crippen LogP contribution in [0.4, 0.5) is 0 Å². The van der Waals surface area contributed by atoms with E-state index in [1.54, 1.807) is 10.9 Å². The van der Waals surface area contributed by atoms with Crippen molar-refractivity contribution in [2.24, 2.45) is 5.92 Å². The van der Waals surface area contributed by atoms with E-state index in [1.165, 1.54) is 11.1 Å². The number of aromatic nitrogens is 2. The molecule has 0 unspecified atom stereocenters. The number of hydrogen-bond donors (Lipinski definition) is 1. The van der Waals surface area contributed by atoms with Crippen molar-refractivity contribution >= 4 is 11.9 Å². The smallest absolute Gasteiger partial charge is 0.325 e. The van der Waals surface area contributed by atoms with Crippen molar-refractivity contribution in [3.05, 3.63) is 53.3 Å². The molecule has 0 saturated carbocycles. The van der Waals surface area contributed by atoms with Gasteiger partial charge in [0.15, 0.2) is 0 Å². The molecule has 0 bridgehead atoms. The van der Waals surface area contributed by atoms with E-state index in [4.69, 9.17) is 5.11 Å². The molecule has 6 nitrogen and oxygen atoms in total. The number of hydrogen-bond acceptors (Lipinski definition) is 3. The summed E-state index contributed by atoms with van der Waals surface area (Å²) < 4.78 is 1.55. The van der Waals surface area contributed by atoms with Gasteiger partial charge in [-0.2, -0.15) is 5.10 Å². The molecule has 0 radical (unpaired) electrons. The van der Waals surface area contributed by atoms with Crippen molar-refractivity contribution in [2.45, 2.75) is 38.1 Å². The first-order valence-corrected chi connectivity index (χ1v) is 9.21. The second kappa shape index (κ2) is 6.94. The van der Waals surface area contributed by atoms with Crippen molar-refractivity contribution in [2.75, 3.05) is 13.1 Å². The van der Waals surface area contributed by atoms with Crippen LogP contribution in [0.3, 0.4) is 0 Å². The predicted octanol–water partition coefficient (Wildman–Crippen LogP) is 2.09. The Morgan fingerprint density at radius 3 is 2.58 bits per heavy atom. The molecule has 1 fully saturated rings. The number of amides is 1. The summed E-state index contributed by atoms with van der Waals surface area (Å²) in [5.74, 6) is -0.481. The van der Waals surface area contributed by atoms with E-state index in [-0.39, 0.29) is 24.3 Å². The minimum atomic E-state index is -0.901. The van der Waals surface area contributed by atoms with Crippen molar-refractivity contribution in [3.63, 3.8) is 0 Å². The van der Waals surface area contributed by atoms with Gasteiger partial charge < -0.3 is 10.0 Å². The van der Waals surface area contributed by atoms with Crippen LogP contribution in [0.15, 0.2) is 36.5 Å². The monoisotopic (exact) mass is 353 g/mol. The fraction of sp³-hybridized carbons (Fsp3) is 0.450. The van der Waals surface area contributed by atoms with Gasteiger partial charge in [-0.1, -0.05) is 24.3 Å². The lowest BCUT2D eigenvalue weighted by molar-refractivity contribution is -0.138. The molecule has 1 N–H and O–H groups in total. The molecule has 0 spiro atoms. The van der Waals surface area contributed by atoms with Crippen LogP contribution in [0.5, 0.6) is 0 Å². The molecule has 2 aromatic rings. The average Bonchev–Trinajstić information content (AvgIpc) is 3.27. The summed E-state index contributed by atoms with van der Waals surface area (Å²) in [6.45, 7) is 1.30. The Hall–Kier alpha value is -2.63. The molecular formula is C20H23N3O3. The summed E-state index contributed by atoms with van der Waals surface area (Å²) in [5.41, 5.74) is 3.50. The highest BCUT2D eigenvalue weighted by Gasteiger charge is 2.33. The Morgan fingerprint density at radius 1 is 1.15 bits per heavy atom. The zero-order chi connectivity index (χ0) is 18.1. The predicted molar refractivity (Wildman–Crippen MR) is 95.8 cm³/mol. The van der Waals surface area contributed by atoms with E-state index >= 15 is 0 Å². The van der Waals surface area contributed by atoms with Crippen LogP contribution in [-0.4, -0.2) is 44.8 Å². The van der Waals surface area contributed by atoms with Gasteiger partial charge in [0, 0.05) is 36.8 Å². The molecule has 2 heterocycles. The Morgan fingerprint density at radius 2 is 1.88 bits per heavy atom. The summed E-state index contributed by atoms with van der Waals surface area (Å²) in [6, 6.07) is 10.2. The van der Waals surface area contributed by atoms with Crippen LogP contribution in [0.2, 0.25) is 0 Å². The Bertz CT molecular complexity index is 804. The Balaban J connectivity index is 1.45. The summed E-state index contributed by atoms with van der Waals surface area (Å²) in [6.07, 6.45) is 5.20. The number of carboxylic acids is 1. The van der Waals surface area contributed by atoms with Crippen LogP contribution in [0.1, 0.15) is 35.6 Å². The topological polar surface area (TPSA) is 75.4 Å². The SMILES string of the molecule is O=C(O)Cn1nccc1[C@H]1CCCN(C(=O)C2Cc3ccccc3C2)C1. The molecule has 2 aliphatic rings. The van der Waals surface area contributed by atoms with Gasteiger partial charge in [0.25, 0.3) is 0 Å². The number of carbonyl (C=O) groups excluding carboxylic acids is 1. The Kier molecular flexibility index (Phi) is 4.49. The van der Waals surface area contributed by atoms with Gasteiger partial charge >= 0.3 is 5.97 Å². The fourth-order valence-electron chi connectivity index (χ4n) is 4.36. The third-order valence-corrected chi connectivity index (χ3v) is 5.59. The molecule has 26 heavy (non-hydrogen) atoms. The van der Waals surface area contributed by atoms with Crippen LogP contribution in [-0.2, 0) is 29.0 Å². The maximum absolute atomic E-state index is 13.1. The molecule has 136 valence electrons. The molecule has 1 aromatic heterocycles. The summed E-state index contributed by atoms with van der Waals surface area (Å²) in [5, 5.41) is 13.2. The largest absolute Gasteiger partial charge is 0.480 e. The lowest BCUT2D eigenvalue weighted by Gasteiger charge is -2.34. The van der Waals surface area contributed by atoms with Crippen molar-refractivity contribution in [3.8, 4) is 0 Å². The highest BCUT2D eigenvalue weighted by molar-refractivity contribution is 5.80. The van der Waals surface area contributed by atoms with Crippen molar-refractivity contribution in [1.29, 1.82) is 0 Å². The lowest BCUT2D eigenvalue weighted by atomic mass is 9.93. The minimum Gasteiger partial charge on any atom is -0.480 e. The third-order valence-electron chi connectivity index (χ3n) is 5.59. The van der Waals surface area contributed by atoms with Crippen LogP contribution >= 0.6 is 0 Å². The summed E-state index contributed by atoms with van der Waals surface area (Å²) in [4.78, 5) is 26.1. The van der Waals surface area contributed by atoms with E-state index in [0.29, 0.717) is 6.54 Å². The van der Waals surface area contributed by atoms with E-state index in [1.807, 2.05) is 23.1 Å². The molecule has 6 heteroatoms. The zero-order valence-corrected chi connectivity index (χ0v) is 14.7. The first kappa shape index (κ1) is 16.8. The third kappa shape index (κ3) is 3.23. The molecule has 4 rings (SSSR count). The maximum Gasteiger partial charge on any atom is 0.325 e. The van der Waals surface area contributed by atoms with Crippen molar-refractivity contribution in [1.82, 2.24) is 14.7 Å². The fourth-order valence-corrected chi connectivity index (χ4v) is 4.36. The quantitative estimate of drug-likeness (QED) is 0.913. The second-order valence-corrected chi connectivity index (χ2v) is 7.30. The molecular weight excluding hydrogens is 330 g/mol. The van der Waals surface area contributed by atoms with E-state index in [9.17, 15) is 9.59 Å². The minimum absolute atomic E-state index is 0.0371. The summed E-state index contributed by atoms with van der Waals surface area (Å²) >= 11 is 0. The van der Waals surface area contributed by atoms with Gasteiger partial charge in [-0.05, 0) is 42.9 Å². The van der Waals surface area contributed by atoms with E-state index in [0.717, 1.165) is 37.9 Å². The molecule has 1 aliphatic carbocycles. The summed E-state index contributed by atoms with van der Waals surface area (Å²) in [7, 11) is 0. The van der Waals surface area contributed by atoms with Crippen LogP contribution < -0.4 is 0 Å². The van der Waals surface area contributed by atoms with Gasteiger partial charge in [0.1, 0.15) is 6.54 Å². The van der Waals surface area contributed by atoms with E-state index in [2.05, 4.69) is 17.2 Å². The normalized spacial score (nSPS) is 20.2. The zero-order valence-electron chi connectivity index (χ0n) is 14.7. The van der Waals surface area contributed by atoms with Crippen LogP contribution in [0, 0.1) is 5.92 Å². The van der Waals surface area contributed by atoms with Gasteiger partial charge in [0.05, 0.1) is 0 Å². The van der Waals surface area contributed by atoms with Crippen molar-refractivity contribution < 1.29 is 14.7 Å². The number of benzene rings is 1. The number of nitrogens with zero attached hydrogens (tertiary/aromatic N) is 3. The second-order valence-electron chi connectivity index (χ2n) is 7.30. The molecule has 1 aromatic carbocycles. The number of carbonyl (C=O) groups is 2. The average molecular weight is 353 g/mol. The number of aliphatic carboxylic acids is 1. The Labute approximate surface area is 152 Å². The highest BCUT2D eigenvalue weighted by Crippen LogP contribution is 2.31. The highest BCUT2D eigenvalue weighted by atomic mass is 16.4. The number of carboxylic acid groups (broad SMARTS) is 1. The van der Waals surface area contributed by atoms with Gasteiger partial charge in [-0.15, -0.1) is 0 Å². The standard InChI is InChI=1S/C20H23N3O3/c24-19(25)13-23-18(7-8-21-23)16-6-3-9-22(12-16)20(26)17-10-14-4-1-2-5-15(14)11-17/h1-2,4-5,7-8,16-17H,3,6,9-13H2,(H,24,25)/t16-/m0/s1. The van der Waals surface area contributed by atoms with E-state index < -0.39 is 5.97 Å². The first-order valence-electron chi connectivity index (χ1n) is 9.21. The maximum atomic E-state index is 13.1. The number of piperidine rings is 1. The first-order chi connectivity index (χ1) is 12.6. The lowest BCUT2D eigenvalue weighted by Crippen LogP contribution is -2.43. The molecule has 1 aliphatic heterocycles. The number of fused-ring (bicyclic) bond motifs is 1. The van der Waals surface area contributed by atoms with Crippen LogP contribution in [0.25, 0.3) is 0 Å². The van der Waals surface area contributed by atoms with Gasteiger partial charge in [-0.25, -0.2) is 0 Å². The molecule has 1 saturated heterocycles. The number of rotatable bonds is 4. The molecule has 1 amide bonds. The number of likely N-dealkylation sites (tertiary alicyclic amines) is 1. The van der Waals surface area contributed by atoms with Gasteiger partial charge in [0.2, 0.25) is 5.91 Å².